The van der Waals surface area contributed by atoms with Gasteiger partial charge in [-0.25, -0.2) is 4.98 Å². The molecule has 4 aromatic carbocycles. The van der Waals surface area contributed by atoms with Gasteiger partial charge in [-0.1, -0.05) is 66.7 Å². The molecule has 0 atom stereocenters. The van der Waals surface area contributed by atoms with Gasteiger partial charge in [0.05, 0.1) is 33.1 Å². The highest BCUT2D eigenvalue weighted by Gasteiger charge is 2.18. The molecule has 0 bridgehead atoms. The molecule has 0 saturated heterocycles. The highest BCUT2D eigenvalue weighted by Crippen LogP contribution is 2.33. The zero-order valence-electron chi connectivity index (χ0n) is 19.7. The van der Waals surface area contributed by atoms with Crippen LogP contribution < -0.4 is 0 Å². The summed E-state index contributed by atoms with van der Waals surface area (Å²) < 4.78 is 6.89. The van der Waals surface area contributed by atoms with E-state index >= 15 is 0 Å². The minimum absolute atomic E-state index is 0.923. The van der Waals surface area contributed by atoms with E-state index in [4.69, 9.17) is 4.98 Å². The molecule has 35 heavy (non-hydrogen) atoms. The van der Waals surface area contributed by atoms with E-state index in [9.17, 15) is 0 Å². The van der Waals surface area contributed by atoms with Crippen LogP contribution in [-0.2, 0) is 0 Å². The quantitative estimate of drug-likeness (QED) is 0.250. The van der Waals surface area contributed by atoms with Crippen LogP contribution in [0, 0.1) is 0 Å². The van der Waals surface area contributed by atoms with E-state index in [0.29, 0.717) is 0 Å². The maximum atomic E-state index is 5.04. The van der Waals surface area contributed by atoms with Crippen LogP contribution in [0.1, 0.15) is 13.8 Å². The van der Waals surface area contributed by atoms with E-state index in [0.717, 1.165) is 39.2 Å². The van der Waals surface area contributed by atoms with Gasteiger partial charge in [-0.3, -0.25) is 8.97 Å². The highest BCUT2D eigenvalue weighted by molar-refractivity contribution is 6.10. The van der Waals surface area contributed by atoms with Crippen LogP contribution in [0.5, 0.6) is 0 Å². The number of fused-ring (bicyclic) bond motifs is 8. The van der Waals surface area contributed by atoms with Crippen LogP contribution in [-0.4, -0.2) is 18.5 Å². The second-order valence-corrected chi connectivity index (χ2v) is 8.93. The number of hydrogen-bond donors (Lipinski definition) is 0. The Morgan fingerprint density at radius 3 is 1.83 bits per heavy atom. The van der Waals surface area contributed by atoms with E-state index in [2.05, 4.69) is 131 Å². The van der Waals surface area contributed by atoms with E-state index in [-0.39, 0.29) is 0 Å². The first-order valence-corrected chi connectivity index (χ1v) is 12.0. The van der Waals surface area contributed by atoms with Crippen molar-refractivity contribution < 1.29 is 0 Å². The summed E-state index contributed by atoms with van der Waals surface area (Å²) in [5, 5.41) is 2.54. The molecule has 0 amide bonds. The van der Waals surface area contributed by atoms with Gasteiger partial charge >= 0.3 is 0 Å². The molecule has 3 aromatic heterocycles. The molecule has 0 radical (unpaired) electrons. The molecule has 7 aromatic rings. The molecular weight excluding hydrogens is 428 g/mol. The molecule has 0 unspecified atom stereocenters. The van der Waals surface area contributed by atoms with Crippen LogP contribution in [0.3, 0.4) is 0 Å². The third kappa shape index (κ3) is 2.77. The summed E-state index contributed by atoms with van der Waals surface area (Å²) in [7, 11) is 0. The van der Waals surface area contributed by atoms with Gasteiger partial charge in [0.25, 0.3) is 0 Å². The Kier molecular flexibility index (Phi) is 4.24. The average Bonchev–Trinajstić information content (AvgIpc) is 3.54. The highest BCUT2D eigenvalue weighted by atomic mass is 15.2. The normalized spacial score (nSPS) is 13.2. The smallest absolute Gasteiger partial charge is 0.220 e. The summed E-state index contributed by atoms with van der Waals surface area (Å²) in [5.74, 6) is 0.923. The maximum absolute atomic E-state index is 5.04. The molecule has 0 aliphatic rings. The zero-order valence-corrected chi connectivity index (χ0v) is 19.7. The van der Waals surface area contributed by atoms with Gasteiger partial charge in [0.1, 0.15) is 0 Å². The zero-order chi connectivity index (χ0) is 23.5. The first-order chi connectivity index (χ1) is 17.3. The van der Waals surface area contributed by atoms with Crippen molar-refractivity contribution in [3.8, 4) is 0 Å². The predicted molar refractivity (Wildman–Crippen MR) is 148 cm³/mol. The number of imidazole rings is 2. The summed E-state index contributed by atoms with van der Waals surface area (Å²) in [6.45, 7) is 4.28. The Morgan fingerprint density at radius 1 is 0.629 bits per heavy atom. The molecule has 3 heterocycles. The third-order valence-electron chi connectivity index (χ3n) is 6.95. The Bertz CT molecular complexity index is 1920. The van der Waals surface area contributed by atoms with E-state index in [1.807, 2.05) is 6.07 Å². The van der Waals surface area contributed by atoms with Crippen LogP contribution >= 0.6 is 0 Å². The van der Waals surface area contributed by atoms with Crippen molar-refractivity contribution in [1.82, 2.24) is 18.5 Å². The number of rotatable bonds is 3. The molecule has 0 saturated carbocycles. The second-order valence-electron chi connectivity index (χ2n) is 8.93. The van der Waals surface area contributed by atoms with Crippen LogP contribution in [0.2, 0.25) is 0 Å². The van der Waals surface area contributed by atoms with Crippen LogP contribution in [0.25, 0.3) is 61.0 Å². The van der Waals surface area contributed by atoms with Crippen molar-refractivity contribution in [2.45, 2.75) is 13.8 Å². The Morgan fingerprint density at radius 2 is 1.17 bits per heavy atom. The molecule has 0 fully saturated rings. The van der Waals surface area contributed by atoms with Crippen molar-refractivity contribution in [1.29, 1.82) is 0 Å². The monoisotopic (exact) mass is 452 g/mol. The van der Waals surface area contributed by atoms with Crippen molar-refractivity contribution in [2.75, 3.05) is 0 Å². The standard InChI is InChI=1S/C31H24N4/c1-3-22(20-21(2)33-26-15-7-4-12-23(26)24-13-5-8-16-27(24)33)34-29-18-10-11-19-30(29)35-28-17-9-6-14-25(28)32-31(34)35/h3-20H,1-2H3/b21-20+,22-3+. The van der Waals surface area contributed by atoms with Gasteiger partial charge in [-0.05, 0) is 56.3 Å². The van der Waals surface area contributed by atoms with Gasteiger partial charge in [0.2, 0.25) is 5.78 Å². The number of nitrogens with zero attached hydrogens (tertiary/aromatic N) is 4. The van der Waals surface area contributed by atoms with Gasteiger partial charge in [0.15, 0.2) is 0 Å². The number of aromatic nitrogens is 4. The summed E-state index contributed by atoms with van der Waals surface area (Å²) in [6, 6.07) is 34.1. The molecular formula is C31H24N4. The van der Waals surface area contributed by atoms with Crippen molar-refractivity contribution in [3.63, 3.8) is 0 Å². The van der Waals surface area contributed by atoms with Gasteiger partial charge < -0.3 is 4.57 Å². The minimum atomic E-state index is 0.923. The van der Waals surface area contributed by atoms with E-state index in [1.165, 1.54) is 21.8 Å². The number of para-hydroxylation sites is 6. The summed E-state index contributed by atoms with van der Waals surface area (Å²) in [4.78, 5) is 5.04. The first-order valence-electron chi connectivity index (χ1n) is 12.0. The van der Waals surface area contributed by atoms with Crippen LogP contribution in [0.4, 0.5) is 0 Å². The number of benzene rings is 4. The number of allylic oxidation sites excluding steroid dienone is 4. The second kappa shape index (κ2) is 7.47. The Balaban J connectivity index is 1.51. The lowest BCUT2D eigenvalue weighted by atomic mass is 10.2. The number of hydrogen-bond acceptors (Lipinski definition) is 1. The lowest BCUT2D eigenvalue weighted by Gasteiger charge is -2.11. The van der Waals surface area contributed by atoms with Gasteiger partial charge in [-0.15, -0.1) is 0 Å². The van der Waals surface area contributed by atoms with Crippen molar-refractivity contribution >= 4 is 61.0 Å². The average molecular weight is 453 g/mol. The topological polar surface area (TPSA) is 27.2 Å². The Hall–Kier alpha value is -4.57. The molecule has 7 rings (SSSR count). The van der Waals surface area contributed by atoms with E-state index in [1.54, 1.807) is 0 Å². The fourth-order valence-electron chi connectivity index (χ4n) is 5.46. The van der Waals surface area contributed by atoms with Gasteiger partial charge in [0, 0.05) is 22.2 Å². The molecule has 0 N–H and O–H groups in total. The van der Waals surface area contributed by atoms with Crippen molar-refractivity contribution in [3.05, 3.63) is 109 Å². The largest absolute Gasteiger partial charge is 0.313 e. The lowest BCUT2D eigenvalue weighted by molar-refractivity contribution is 1.13. The first kappa shape index (κ1) is 19.9. The van der Waals surface area contributed by atoms with E-state index < -0.39 is 0 Å². The predicted octanol–water partition coefficient (Wildman–Crippen LogP) is 7.97. The molecule has 4 nitrogen and oxygen atoms in total. The molecule has 4 heteroatoms. The van der Waals surface area contributed by atoms with Crippen molar-refractivity contribution in [2.24, 2.45) is 0 Å². The SMILES string of the molecule is C/C=C(\C=C(/C)n1c2ccccc2c2ccccc21)n1c2ccccc2n2c3ccccc3nc12. The maximum Gasteiger partial charge on any atom is 0.220 e. The summed E-state index contributed by atoms with van der Waals surface area (Å²) >= 11 is 0. The van der Waals surface area contributed by atoms with Gasteiger partial charge in [-0.2, -0.15) is 0 Å². The van der Waals surface area contributed by atoms with Crippen LogP contribution in [0.15, 0.2) is 109 Å². The fourth-order valence-corrected chi connectivity index (χ4v) is 5.46. The molecule has 0 aliphatic carbocycles. The summed E-state index contributed by atoms with van der Waals surface area (Å²) in [5.41, 5.74) is 9.09. The fraction of sp³-hybridized carbons (Fsp3) is 0.0645. The third-order valence-corrected chi connectivity index (χ3v) is 6.95. The molecule has 168 valence electrons. The lowest BCUT2D eigenvalue weighted by Crippen LogP contribution is -1.99. The molecule has 0 aliphatic heterocycles. The minimum Gasteiger partial charge on any atom is -0.313 e. The molecule has 0 spiro atoms. The Labute approximate surface area is 202 Å². The summed E-state index contributed by atoms with van der Waals surface area (Å²) in [6.07, 6.45) is 4.44.